The van der Waals surface area contributed by atoms with Gasteiger partial charge < -0.3 is 10.6 Å². The Labute approximate surface area is 164 Å². The molecule has 3 aromatic rings. The van der Waals surface area contributed by atoms with Crippen LogP contribution in [0.3, 0.4) is 0 Å². The molecule has 1 aliphatic heterocycles. The van der Waals surface area contributed by atoms with Gasteiger partial charge in [-0.2, -0.15) is 0 Å². The number of pyridine rings is 1. The van der Waals surface area contributed by atoms with E-state index in [0.717, 1.165) is 34.1 Å². The van der Waals surface area contributed by atoms with E-state index in [-0.39, 0.29) is 17.7 Å². The molecule has 2 amide bonds. The van der Waals surface area contributed by atoms with Gasteiger partial charge in [-0.1, -0.05) is 42.5 Å². The molecule has 0 saturated carbocycles. The Morgan fingerprint density at radius 1 is 1.11 bits per heavy atom. The van der Waals surface area contributed by atoms with Crippen LogP contribution in [0.25, 0.3) is 10.9 Å². The fourth-order valence-electron chi connectivity index (χ4n) is 3.75. The standard InChI is InChI=1S/C23H23N3O2/c27-21(11-10-19-15-18-5-1-2-9-20(18)26-23(19)28)24-14-12-17-7-3-6-16-8-4-13-25-22(16)17/h1-9,13,19H,10-12,14-15H2,(H,24,27)(H,26,28)/t19-/m1/s1. The van der Waals surface area contributed by atoms with Crippen molar-refractivity contribution in [1.29, 1.82) is 0 Å². The number of hydrogen-bond donors (Lipinski definition) is 2. The van der Waals surface area contributed by atoms with E-state index in [2.05, 4.69) is 15.6 Å². The van der Waals surface area contributed by atoms with Gasteiger partial charge in [0.25, 0.3) is 0 Å². The molecule has 2 aromatic carbocycles. The summed E-state index contributed by atoms with van der Waals surface area (Å²) in [6.45, 7) is 0.564. The van der Waals surface area contributed by atoms with Crippen LogP contribution >= 0.6 is 0 Å². The third-order valence-electron chi connectivity index (χ3n) is 5.26. The van der Waals surface area contributed by atoms with Gasteiger partial charge in [0.1, 0.15) is 0 Å². The summed E-state index contributed by atoms with van der Waals surface area (Å²) in [5, 5.41) is 7.02. The normalized spacial score (nSPS) is 15.7. The predicted molar refractivity (Wildman–Crippen MR) is 110 cm³/mol. The Bertz CT molecular complexity index is 1010. The number of nitrogens with one attached hydrogen (secondary N) is 2. The predicted octanol–water partition coefficient (Wildman–Crippen LogP) is 3.48. The van der Waals surface area contributed by atoms with Crippen LogP contribution in [0.15, 0.2) is 60.8 Å². The molecule has 0 saturated heterocycles. The highest BCUT2D eigenvalue weighted by molar-refractivity contribution is 5.96. The second kappa shape index (κ2) is 8.21. The molecular weight excluding hydrogens is 350 g/mol. The average Bonchev–Trinajstić information content (AvgIpc) is 2.72. The SMILES string of the molecule is O=C(CC[C@@H]1Cc2ccccc2NC1=O)NCCc1cccc2cccnc12. The van der Waals surface area contributed by atoms with Crippen LogP contribution in [0.5, 0.6) is 0 Å². The number of carbonyl (C=O) groups excluding carboxylic acids is 2. The maximum absolute atomic E-state index is 12.2. The van der Waals surface area contributed by atoms with Crippen molar-refractivity contribution < 1.29 is 9.59 Å². The summed E-state index contributed by atoms with van der Waals surface area (Å²) in [5.74, 6) is -0.156. The molecular formula is C23H23N3O2. The Morgan fingerprint density at radius 3 is 2.89 bits per heavy atom. The molecule has 28 heavy (non-hydrogen) atoms. The first-order chi connectivity index (χ1) is 13.7. The lowest BCUT2D eigenvalue weighted by Crippen LogP contribution is -2.32. The number of amides is 2. The highest BCUT2D eigenvalue weighted by atomic mass is 16.2. The van der Waals surface area contributed by atoms with Gasteiger partial charge in [0, 0.05) is 36.2 Å². The first kappa shape index (κ1) is 18.2. The van der Waals surface area contributed by atoms with E-state index < -0.39 is 0 Å². The molecule has 5 heteroatoms. The zero-order chi connectivity index (χ0) is 19.3. The zero-order valence-corrected chi connectivity index (χ0v) is 15.7. The largest absolute Gasteiger partial charge is 0.356 e. The first-order valence-electron chi connectivity index (χ1n) is 9.69. The molecule has 0 spiro atoms. The maximum atomic E-state index is 12.2. The minimum Gasteiger partial charge on any atom is -0.356 e. The number of nitrogens with zero attached hydrogens (tertiary/aromatic N) is 1. The Kier molecular flexibility index (Phi) is 5.33. The van der Waals surface area contributed by atoms with Crippen molar-refractivity contribution in [3.8, 4) is 0 Å². The van der Waals surface area contributed by atoms with Gasteiger partial charge in [0.2, 0.25) is 11.8 Å². The first-order valence-corrected chi connectivity index (χ1v) is 9.69. The Balaban J connectivity index is 1.27. The van der Waals surface area contributed by atoms with E-state index in [1.165, 1.54) is 0 Å². The molecule has 1 aromatic heterocycles. The van der Waals surface area contributed by atoms with E-state index in [0.29, 0.717) is 25.8 Å². The summed E-state index contributed by atoms with van der Waals surface area (Å²) in [4.78, 5) is 28.9. The van der Waals surface area contributed by atoms with E-state index >= 15 is 0 Å². The van der Waals surface area contributed by atoms with Crippen molar-refractivity contribution in [2.45, 2.75) is 25.7 Å². The van der Waals surface area contributed by atoms with E-state index in [1.807, 2.05) is 54.6 Å². The molecule has 4 rings (SSSR count). The number of fused-ring (bicyclic) bond motifs is 2. The number of aromatic nitrogens is 1. The van der Waals surface area contributed by atoms with Gasteiger partial charge >= 0.3 is 0 Å². The highest BCUT2D eigenvalue weighted by Gasteiger charge is 2.26. The van der Waals surface area contributed by atoms with Gasteiger partial charge in [0.05, 0.1) is 5.52 Å². The number of carbonyl (C=O) groups is 2. The number of hydrogen-bond acceptors (Lipinski definition) is 3. The number of anilines is 1. The molecule has 5 nitrogen and oxygen atoms in total. The van der Waals surface area contributed by atoms with Crippen LogP contribution in [0, 0.1) is 5.92 Å². The fraction of sp³-hybridized carbons (Fsp3) is 0.261. The number of para-hydroxylation sites is 2. The quantitative estimate of drug-likeness (QED) is 0.695. The molecule has 0 bridgehead atoms. The average molecular weight is 373 g/mol. The van der Waals surface area contributed by atoms with Crippen LogP contribution < -0.4 is 10.6 Å². The molecule has 2 N–H and O–H groups in total. The number of rotatable bonds is 6. The van der Waals surface area contributed by atoms with Crippen molar-refractivity contribution in [3.05, 3.63) is 71.9 Å². The van der Waals surface area contributed by atoms with Crippen LogP contribution in [0.2, 0.25) is 0 Å². The second-order valence-corrected chi connectivity index (χ2v) is 7.18. The van der Waals surface area contributed by atoms with E-state index in [1.54, 1.807) is 6.20 Å². The fourth-order valence-corrected chi connectivity index (χ4v) is 3.75. The van der Waals surface area contributed by atoms with Crippen molar-refractivity contribution in [1.82, 2.24) is 10.3 Å². The summed E-state index contributed by atoms with van der Waals surface area (Å²) < 4.78 is 0. The summed E-state index contributed by atoms with van der Waals surface area (Å²) >= 11 is 0. The summed E-state index contributed by atoms with van der Waals surface area (Å²) in [6, 6.07) is 17.9. The van der Waals surface area contributed by atoms with Crippen LogP contribution in [-0.2, 0) is 22.4 Å². The molecule has 1 aliphatic rings. The van der Waals surface area contributed by atoms with Crippen molar-refractivity contribution in [2.24, 2.45) is 5.92 Å². The highest BCUT2D eigenvalue weighted by Crippen LogP contribution is 2.27. The summed E-state index contributed by atoms with van der Waals surface area (Å²) in [6.07, 6.45) is 4.13. The Hall–Kier alpha value is -3.21. The molecule has 2 heterocycles. The summed E-state index contributed by atoms with van der Waals surface area (Å²) in [7, 11) is 0. The Morgan fingerprint density at radius 2 is 1.96 bits per heavy atom. The van der Waals surface area contributed by atoms with Crippen LogP contribution in [0.4, 0.5) is 5.69 Å². The molecule has 0 fully saturated rings. The lowest BCUT2D eigenvalue weighted by Gasteiger charge is -2.24. The van der Waals surface area contributed by atoms with Crippen LogP contribution in [-0.4, -0.2) is 23.3 Å². The molecule has 0 unspecified atom stereocenters. The van der Waals surface area contributed by atoms with Gasteiger partial charge in [-0.3, -0.25) is 14.6 Å². The molecule has 142 valence electrons. The maximum Gasteiger partial charge on any atom is 0.227 e. The monoisotopic (exact) mass is 373 g/mol. The van der Waals surface area contributed by atoms with E-state index in [9.17, 15) is 9.59 Å². The van der Waals surface area contributed by atoms with Crippen molar-refractivity contribution >= 4 is 28.4 Å². The van der Waals surface area contributed by atoms with Gasteiger partial charge in [-0.05, 0) is 42.5 Å². The molecule has 1 atom stereocenters. The summed E-state index contributed by atoms with van der Waals surface area (Å²) in [5.41, 5.74) is 4.13. The van der Waals surface area contributed by atoms with Crippen LogP contribution in [0.1, 0.15) is 24.0 Å². The third kappa shape index (κ3) is 4.03. The lowest BCUT2D eigenvalue weighted by molar-refractivity contribution is -0.122. The van der Waals surface area contributed by atoms with Gasteiger partial charge in [-0.25, -0.2) is 0 Å². The molecule has 0 aliphatic carbocycles. The van der Waals surface area contributed by atoms with Crippen molar-refractivity contribution in [2.75, 3.05) is 11.9 Å². The minimum absolute atomic E-state index is 0.00771. The lowest BCUT2D eigenvalue weighted by atomic mass is 9.89. The van der Waals surface area contributed by atoms with Gasteiger partial charge in [-0.15, -0.1) is 0 Å². The third-order valence-corrected chi connectivity index (χ3v) is 5.26. The smallest absolute Gasteiger partial charge is 0.227 e. The van der Waals surface area contributed by atoms with Gasteiger partial charge in [0.15, 0.2) is 0 Å². The topological polar surface area (TPSA) is 71.1 Å². The minimum atomic E-state index is -0.150. The van der Waals surface area contributed by atoms with E-state index in [4.69, 9.17) is 0 Å². The molecule has 0 radical (unpaired) electrons. The second-order valence-electron chi connectivity index (χ2n) is 7.18. The zero-order valence-electron chi connectivity index (χ0n) is 15.7. The number of benzene rings is 2. The van der Waals surface area contributed by atoms with Crippen molar-refractivity contribution in [3.63, 3.8) is 0 Å².